The highest BCUT2D eigenvalue weighted by atomic mass is 32.2. The van der Waals surface area contributed by atoms with E-state index < -0.39 is 15.7 Å². The molecule has 1 heterocycles. The number of amides is 1. The van der Waals surface area contributed by atoms with Crippen LogP contribution in [-0.2, 0) is 21.2 Å². The van der Waals surface area contributed by atoms with Crippen LogP contribution in [0.25, 0.3) is 16.8 Å². The van der Waals surface area contributed by atoms with Crippen LogP contribution in [0.5, 0.6) is 11.5 Å². The van der Waals surface area contributed by atoms with E-state index in [1.807, 2.05) is 48.5 Å². The molecule has 1 N–H and O–H groups in total. The summed E-state index contributed by atoms with van der Waals surface area (Å²) in [5.41, 5.74) is 1.35. The molecule has 0 saturated heterocycles. The molecule has 182 valence electrons. The van der Waals surface area contributed by atoms with Crippen molar-refractivity contribution in [1.82, 2.24) is 10.2 Å². The second kappa shape index (κ2) is 10.6. The van der Waals surface area contributed by atoms with Crippen LogP contribution < -0.4 is 14.8 Å². The zero-order valence-electron chi connectivity index (χ0n) is 19.3. The van der Waals surface area contributed by atoms with Crippen molar-refractivity contribution in [3.05, 3.63) is 77.4 Å². The molecule has 0 saturated carbocycles. The first-order valence-corrected chi connectivity index (χ1v) is 13.2. The van der Waals surface area contributed by atoms with E-state index in [9.17, 15) is 18.5 Å². The first-order chi connectivity index (χ1) is 17.3. The summed E-state index contributed by atoms with van der Waals surface area (Å²) < 4.78 is 34.3. The fourth-order valence-electron chi connectivity index (χ4n) is 3.36. The maximum absolute atomic E-state index is 12.5. The molecule has 0 bridgehead atoms. The molecule has 0 unspecified atom stereocenters. The van der Waals surface area contributed by atoms with Crippen molar-refractivity contribution in [3.8, 4) is 17.6 Å². The van der Waals surface area contributed by atoms with Crippen molar-refractivity contribution >= 4 is 49.1 Å². The van der Waals surface area contributed by atoms with Crippen LogP contribution in [0.2, 0.25) is 0 Å². The molecule has 36 heavy (non-hydrogen) atoms. The summed E-state index contributed by atoms with van der Waals surface area (Å²) in [4.78, 5) is 12.5. The number of hydrogen-bond acceptors (Lipinski definition) is 9. The third-order valence-electron chi connectivity index (χ3n) is 5.07. The van der Waals surface area contributed by atoms with Gasteiger partial charge >= 0.3 is 0 Å². The molecule has 1 amide bonds. The van der Waals surface area contributed by atoms with Crippen LogP contribution >= 0.6 is 11.3 Å². The van der Waals surface area contributed by atoms with Crippen LogP contribution in [0.1, 0.15) is 11.1 Å². The number of nitrogens with zero attached hydrogens (tertiary/aromatic N) is 3. The molecule has 4 aromatic rings. The van der Waals surface area contributed by atoms with E-state index in [-0.39, 0.29) is 15.0 Å². The number of sulfone groups is 1. The first kappa shape index (κ1) is 24.8. The number of nitrogens with one attached hydrogen (secondary N) is 1. The topological polar surface area (TPSA) is 131 Å². The number of methoxy groups -OCH3 is 1. The van der Waals surface area contributed by atoms with Gasteiger partial charge in [-0.3, -0.25) is 10.1 Å². The molecular formula is C25H20N4O5S2. The van der Waals surface area contributed by atoms with E-state index >= 15 is 0 Å². The Balaban J connectivity index is 1.51. The fourth-order valence-corrected chi connectivity index (χ4v) is 4.86. The lowest BCUT2D eigenvalue weighted by Gasteiger charge is -2.13. The van der Waals surface area contributed by atoms with Crippen LogP contribution in [0, 0.1) is 11.3 Å². The molecule has 3 aromatic carbocycles. The zero-order valence-corrected chi connectivity index (χ0v) is 20.9. The lowest BCUT2D eigenvalue weighted by Crippen LogP contribution is -2.13. The third kappa shape index (κ3) is 5.68. The molecule has 0 spiro atoms. The monoisotopic (exact) mass is 520 g/mol. The number of benzene rings is 3. The Morgan fingerprint density at radius 2 is 1.89 bits per heavy atom. The summed E-state index contributed by atoms with van der Waals surface area (Å²) in [6, 6.07) is 20.9. The van der Waals surface area contributed by atoms with Gasteiger partial charge in [0, 0.05) is 6.26 Å². The van der Waals surface area contributed by atoms with Crippen LogP contribution in [0.3, 0.4) is 0 Å². The SMILES string of the molecule is COc1cc(/C=C(/C#N)C(=O)Nc2nnc(S(C)(=O)=O)s2)ccc1OCc1cccc2ccccc12. The molecule has 0 aliphatic heterocycles. The average molecular weight is 521 g/mol. The van der Waals surface area contributed by atoms with Crippen molar-refractivity contribution < 1.29 is 22.7 Å². The van der Waals surface area contributed by atoms with Gasteiger partial charge in [0.05, 0.1) is 7.11 Å². The Kier molecular flexibility index (Phi) is 7.28. The minimum absolute atomic E-state index is 0.0312. The summed E-state index contributed by atoms with van der Waals surface area (Å²) >= 11 is 0.699. The number of carbonyl (C=O) groups is 1. The highest BCUT2D eigenvalue weighted by molar-refractivity contribution is 7.92. The van der Waals surface area contributed by atoms with Crippen LogP contribution in [-0.4, -0.2) is 37.9 Å². The van der Waals surface area contributed by atoms with Gasteiger partial charge in [-0.15, -0.1) is 10.2 Å². The van der Waals surface area contributed by atoms with E-state index in [0.29, 0.717) is 35.0 Å². The summed E-state index contributed by atoms with van der Waals surface area (Å²) in [6.07, 6.45) is 2.37. The molecule has 0 atom stereocenters. The number of fused-ring (bicyclic) bond motifs is 1. The van der Waals surface area contributed by atoms with Gasteiger partial charge in [-0.25, -0.2) is 8.42 Å². The van der Waals surface area contributed by atoms with Crippen molar-refractivity contribution in [2.45, 2.75) is 10.9 Å². The van der Waals surface area contributed by atoms with Gasteiger partial charge < -0.3 is 9.47 Å². The normalized spacial score (nSPS) is 11.6. The second-order valence-electron chi connectivity index (χ2n) is 7.61. The maximum atomic E-state index is 12.5. The van der Waals surface area contributed by atoms with Gasteiger partial charge in [0.25, 0.3) is 5.91 Å². The van der Waals surface area contributed by atoms with Gasteiger partial charge in [0.2, 0.25) is 19.3 Å². The largest absolute Gasteiger partial charge is 0.493 e. The number of anilines is 1. The summed E-state index contributed by atoms with van der Waals surface area (Å²) in [7, 11) is -2.05. The van der Waals surface area contributed by atoms with E-state index in [2.05, 4.69) is 15.5 Å². The minimum atomic E-state index is -3.55. The standard InChI is InChI=1S/C25H20N4O5S2/c1-33-22-13-16(12-19(14-26)23(30)27-24-28-29-25(35-24)36(2,31)32)10-11-21(22)34-15-18-8-5-7-17-6-3-4-9-20(17)18/h3-13H,15H2,1-2H3,(H,27,28,30)/b19-12-. The number of nitriles is 1. The van der Waals surface area contributed by atoms with Gasteiger partial charge in [-0.2, -0.15) is 5.26 Å². The van der Waals surface area contributed by atoms with Crippen LogP contribution in [0.15, 0.2) is 70.6 Å². The van der Waals surface area contributed by atoms with Gasteiger partial charge in [-0.05, 0) is 40.1 Å². The number of ether oxygens (including phenoxy) is 2. The second-order valence-corrected chi connectivity index (χ2v) is 10.8. The maximum Gasteiger partial charge on any atom is 0.268 e. The van der Waals surface area contributed by atoms with Crippen molar-refractivity contribution in [2.24, 2.45) is 0 Å². The van der Waals surface area contributed by atoms with Gasteiger partial charge in [0.15, 0.2) is 11.5 Å². The van der Waals surface area contributed by atoms with E-state index in [4.69, 9.17) is 9.47 Å². The molecule has 4 rings (SSSR count). The zero-order chi connectivity index (χ0) is 25.7. The number of rotatable bonds is 8. The van der Waals surface area contributed by atoms with Crippen molar-refractivity contribution in [1.29, 1.82) is 5.26 Å². The molecular weight excluding hydrogens is 500 g/mol. The lowest BCUT2D eigenvalue weighted by molar-refractivity contribution is -0.112. The highest BCUT2D eigenvalue weighted by Gasteiger charge is 2.18. The van der Waals surface area contributed by atoms with Crippen LogP contribution in [0.4, 0.5) is 5.13 Å². The van der Waals surface area contributed by atoms with E-state index in [1.165, 1.54) is 13.2 Å². The number of aromatic nitrogens is 2. The Bertz CT molecular complexity index is 1620. The molecule has 0 aliphatic rings. The molecule has 0 aliphatic carbocycles. The number of hydrogen-bond donors (Lipinski definition) is 1. The van der Waals surface area contributed by atoms with E-state index in [0.717, 1.165) is 22.6 Å². The third-order valence-corrected chi connectivity index (χ3v) is 7.58. The number of carbonyl (C=O) groups excluding carboxylic acids is 1. The predicted octanol–water partition coefficient (Wildman–Crippen LogP) is 4.23. The Morgan fingerprint density at radius 1 is 1.11 bits per heavy atom. The highest BCUT2D eigenvalue weighted by Crippen LogP contribution is 2.31. The molecule has 11 heteroatoms. The Labute approximate surface area is 211 Å². The Hall–Kier alpha value is -4.27. The quantitative estimate of drug-likeness (QED) is 0.207. The molecule has 0 radical (unpaired) electrons. The molecule has 9 nitrogen and oxygen atoms in total. The first-order valence-electron chi connectivity index (χ1n) is 10.5. The Morgan fingerprint density at radius 3 is 2.61 bits per heavy atom. The molecule has 0 fully saturated rings. The molecule has 1 aromatic heterocycles. The summed E-state index contributed by atoms with van der Waals surface area (Å²) in [5.74, 6) is 0.195. The smallest absolute Gasteiger partial charge is 0.268 e. The summed E-state index contributed by atoms with van der Waals surface area (Å²) in [5, 5.41) is 21.2. The van der Waals surface area contributed by atoms with E-state index in [1.54, 1.807) is 18.2 Å². The predicted molar refractivity (Wildman–Crippen MR) is 137 cm³/mol. The van der Waals surface area contributed by atoms with Crippen molar-refractivity contribution in [2.75, 3.05) is 18.7 Å². The fraction of sp³-hybridized carbons (Fsp3) is 0.120. The lowest BCUT2D eigenvalue weighted by atomic mass is 10.1. The van der Waals surface area contributed by atoms with Gasteiger partial charge in [-0.1, -0.05) is 59.9 Å². The summed E-state index contributed by atoms with van der Waals surface area (Å²) in [6.45, 7) is 0.329. The van der Waals surface area contributed by atoms with Gasteiger partial charge in [0.1, 0.15) is 18.2 Å². The van der Waals surface area contributed by atoms with Crippen molar-refractivity contribution in [3.63, 3.8) is 0 Å². The minimum Gasteiger partial charge on any atom is -0.493 e. The average Bonchev–Trinajstić information content (AvgIpc) is 3.35.